The van der Waals surface area contributed by atoms with E-state index in [2.05, 4.69) is 46.4 Å². The van der Waals surface area contributed by atoms with Crippen LogP contribution in [0.3, 0.4) is 0 Å². The molecule has 2 amide bonds. The van der Waals surface area contributed by atoms with Crippen molar-refractivity contribution in [1.82, 2.24) is 14.8 Å². The summed E-state index contributed by atoms with van der Waals surface area (Å²) in [6.07, 6.45) is 7.53. The Hall–Kier alpha value is -3.83. The molecule has 1 aliphatic carbocycles. The third-order valence-corrected chi connectivity index (χ3v) is 9.46. The molecule has 1 aromatic heterocycles. The first-order valence-electron chi connectivity index (χ1n) is 15.6. The van der Waals surface area contributed by atoms with E-state index >= 15 is 0 Å². The van der Waals surface area contributed by atoms with Gasteiger partial charge in [0.05, 0.1) is 11.6 Å². The van der Waals surface area contributed by atoms with Gasteiger partial charge in [0, 0.05) is 67.5 Å². The number of rotatable bonds is 5. The van der Waals surface area contributed by atoms with Crippen LogP contribution in [0.2, 0.25) is 0 Å². The standard InChI is InChI=1S/C35H42N4O4/c1-34(2,3)43-33(41)38-13-11-35(12-14-38)19-27(20-35)32(40)37-22-25-7-8-29-30(26-6-4-5-24(17-26)21-36)23-39(31(29)18-25)28-9-15-42-16-10-28/h4-8,17-18,23,27-28H,9-16,19-20,22H2,1-3H3,(H,37,40). The Morgan fingerprint density at radius 3 is 2.53 bits per heavy atom. The molecule has 43 heavy (non-hydrogen) atoms. The number of likely N-dealkylation sites (tertiary alicyclic amines) is 1. The van der Waals surface area contributed by atoms with Gasteiger partial charge in [0.2, 0.25) is 5.91 Å². The third kappa shape index (κ3) is 6.28. The zero-order valence-corrected chi connectivity index (χ0v) is 25.5. The van der Waals surface area contributed by atoms with Crippen molar-refractivity contribution in [3.8, 4) is 17.2 Å². The molecule has 1 saturated carbocycles. The number of nitriles is 1. The summed E-state index contributed by atoms with van der Waals surface area (Å²) in [4.78, 5) is 27.4. The number of benzene rings is 2. The van der Waals surface area contributed by atoms with Crippen LogP contribution in [0.1, 0.15) is 76.5 Å². The van der Waals surface area contributed by atoms with Crippen molar-refractivity contribution >= 4 is 22.9 Å². The van der Waals surface area contributed by atoms with E-state index in [9.17, 15) is 14.9 Å². The fourth-order valence-corrected chi connectivity index (χ4v) is 7.06. The van der Waals surface area contributed by atoms with Gasteiger partial charge >= 0.3 is 6.09 Å². The van der Waals surface area contributed by atoms with E-state index in [1.54, 1.807) is 0 Å². The minimum Gasteiger partial charge on any atom is -0.444 e. The van der Waals surface area contributed by atoms with Gasteiger partial charge in [-0.25, -0.2) is 4.79 Å². The highest BCUT2D eigenvalue weighted by Gasteiger charge is 2.49. The van der Waals surface area contributed by atoms with Crippen LogP contribution < -0.4 is 5.32 Å². The van der Waals surface area contributed by atoms with E-state index in [0.29, 0.717) is 31.2 Å². The fraction of sp³-hybridized carbons (Fsp3) is 0.514. The van der Waals surface area contributed by atoms with E-state index in [1.165, 1.54) is 0 Å². The van der Waals surface area contributed by atoms with Crippen LogP contribution in [0, 0.1) is 22.7 Å². The summed E-state index contributed by atoms with van der Waals surface area (Å²) >= 11 is 0. The number of nitrogens with zero attached hydrogens (tertiary/aromatic N) is 3. The summed E-state index contributed by atoms with van der Waals surface area (Å²) in [5.41, 5.74) is 4.70. The first-order valence-corrected chi connectivity index (χ1v) is 15.6. The number of ether oxygens (including phenoxy) is 2. The number of hydrogen-bond donors (Lipinski definition) is 1. The average molecular weight is 583 g/mol. The Bertz CT molecular complexity index is 1540. The maximum Gasteiger partial charge on any atom is 0.410 e. The maximum absolute atomic E-state index is 13.1. The molecular formula is C35H42N4O4. The molecule has 1 spiro atoms. The smallest absolute Gasteiger partial charge is 0.410 e. The molecule has 2 saturated heterocycles. The molecule has 1 N–H and O–H groups in total. The SMILES string of the molecule is CC(C)(C)OC(=O)N1CCC2(CC1)CC(C(=O)NCc1ccc3c(-c4cccc(C#N)c4)cn(C4CCOCC4)c3c1)C2. The fourth-order valence-electron chi connectivity index (χ4n) is 7.06. The molecule has 8 heteroatoms. The first-order chi connectivity index (χ1) is 20.6. The summed E-state index contributed by atoms with van der Waals surface area (Å²) in [6.45, 7) is 9.05. The van der Waals surface area contributed by atoms with Crippen LogP contribution in [0.5, 0.6) is 0 Å². The Labute approximate surface area is 253 Å². The van der Waals surface area contributed by atoms with Crippen molar-refractivity contribution in [2.75, 3.05) is 26.3 Å². The van der Waals surface area contributed by atoms with E-state index in [4.69, 9.17) is 9.47 Å². The lowest BCUT2D eigenvalue weighted by molar-refractivity contribution is -0.135. The number of amides is 2. The Balaban J connectivity index is 1.10. The quantitative estimate of drug-likeness (QED) is 0.367. The molecule has 0 atom stereocenters. The highest BCUT2D eigenvalue weighted by Crippen LogP contribution is 2.52. The van der Waals surface area contributed by atoms with Gasteiger partial charge in [-0.05, 0) is 94.0 Å². The predicted molar refractivity (Wildman–Crippen MR) is 165 cm³/mol. The summed E-state index contributed by atoms with van der Waals surface area (Å²) in [6, 6.07) is 16.8. The second kappa shape index (κ2) is 11.7. The Morgan fingerprint density at radius 1 is 1.09 bits per heavy atom. The predicted octanol–water partition coefficient (Wildman–Crippen LogP) is 6.57. The van der Waals surface area contributed by atoms with E-state index in [1.807, 2.05) is 43.9 Å². The van der Waals surface area contributed by atoms with Crippen molar-refractivity contribution < 1.29 is 19.1 Å². The van der Waals surface area contributed by atoms with Crippen molar-refractivity contribution in [3.63, 3.8) is 0 Å². The Morgan fingerprint density at radius 2 is 1.84 bits per heavy atom. The van der Waals surface area contributed by atoms with Crippen molar-refractivity contribution in [1.29, 1.82) is 5.26 Å². The van der Waals surface area contributed by atoms with Crippen LogP contribution in [0.4, 0.5) is 4.79 Å². The number of hydrogen-bond acceptors (Lipinski definition) is 5. The van der Waals surface area contributed by atoms with Crippen molar-refractivity contribution in [3.05, 3.63) is 59.8 Å². The lowest BCUT2D eigenvalue weighted by Gasteiger charge is -2.51. The topological polar surface area (TPSA) is 96.6 Å². The molecule has 0 radical (unpaired) electrons. The van der Waals surface area contributed by atoms with Crippen LogP contribution in [-0.2, 0) is 20.8 Å². The molecule has 3 aromatic rings. The molecule has 2 aliphatic heterocycles. The van der Waals surface area contributed by atoms with Gasteiger partial charge in [-0.2, -0.15) is 5.26 Å². The number of carbonyl (C=O) groups excluding carboxylic acids is 2. The molecule has 3 aliphatic rings. The number of carbonyl (C=O) groups is 2. The van der Waals surface area contributed by atoms with Gasteiger partial charge in [0.15, 0.2) is 0 Å². The minimum atomic E-state index is -0.489. The highest BCUT2D eigenvalue weighted by molar-refractivity contribution is 5.96. The zero-order valence-electron chi connectivity index (χ0n) is 25.5. The van der Waals surface area contributed by atoms with Crippen LogP contribution in [0.15, 0.2) is 48.7 Å². The van der Waals surface area contributed by atoms with E-state index < -0.39 is 5.60 Å². The molecule has 6 rings (SSSR count). The molecular weight excluding hydrogens is 540 g/mol. The summed E-state index contributed by atoms with van der Waals surface area (Å²) in [7, 11) is 0. The second-order valence-corrected chi connectivity index (χ2v) is 13.6. The van der Waals surface area contributed by atoms with Crippen LogP contribution in [0.25, 0.3) is 22.0 Å². The molecule has 0 unspecified atom stereocenters. The molecule has 8 nitrogen and oxygen atoms in total. The number of aromatic nitrogens is 1. The molecule has 3 heterocycles. The number of fused-ring (bicyclic) bond motifs is 1. The van der Waals surface area contributed by atoms with Crippen molar-refractivity contribution in [2.24, 2.45) is 11.3 Å². The summed E-state index contributed by atoms with van der Waals surface area (Å²) in [5, 5.41) is 13.8. The van der Waals surface area contributed by atoms with Gasteiger partial charge in [-0.3, -0.25) is 4.79 Å². The van der Waals surface area contributed by atoms with Gasteiger partial charge in [-0.15, -0.1) is 0 Å². The molecule has 0 bridgehead atoms. The highest BCUT2D eigenvalue weighted by atomic mass is 16.6. The Kier molecular flexibility index (Phi) is 7.95. The summed E-state index contributed by atoms with van der Waals surface area (Å²) in [5.74, 6) is 0.149. The van der Waals surface area contributed by atoms with Crippen LogP contribution in [-0.4, -0.2) is 53.4 Å². The maximum atomic E-state index is 13.1. The molecule has 2 aromatic carbocycles. The summed E-state index contributed by atoms with van der Waals surface area (Å²) < 4.78 is 13.5. The average Bonchev–Trinajstić information content (AvgIpc) is 3.37. The minimum absolute atomic E-state index is 0.0296. The largest absolute Gasteiger partial charge is 0.444 e. The number of nitrogens with one attached hydrogen (secondary N) is 1. The lowest BCUT2D eigenvalue weighted by atomic mass is 9.57. The van der Waals surface area contributed by atoms with Crippen molar-refractivity contribution in [2.45, 2.75) is 77.5 Å². The third-order valence-electron chi connectivity index (χ3n) is 9.46. The monoisotopic (exact) mass is 582 g/mol. The molecule has 226 valence electrons. The van der Waals surface area contributed by atoms with Gasteiger partial charge in [0.25, 0.3) is 0 Å². The second-order valence-electron chi connectivity index (χ2n) is 13.6. The lowest BCUT2D eigenvalue weighted by Crippen LogP contribution is -2.52. The van der Waals surface area contributed by atoms with Gasteiger partial charge in [-0.1, -0.05) is 24.3 Å². The van der Waals surface area contributed by atoms with Crippen LogP contribution >= 0.6 is 0 Å². The van der Waals surface area contributed by atoms with E-state index in [-0.39, 0.29) is 23.3 Å². The van der Waals surface area contributed by atoms with Gasteiger partial charge in [0.1, 0.15) is 5.60 Å². The normalized spacial score (nSPS) is 19.2. The van der Waals surface area contributed by atoms with Gasteiger partial charge < -0.3 is 24.3 Å². The molecule has 3 fully saturated rings. The first kappa shape index (κ1) is 29.3. The van der Waals surface area contributed by atoms with E-state index in [0.717, 1.165) is 79.3 Å². The zero-order chi connectivity index (χ0) is 30.2. The number of piperidine rings is 1.